The molecular weight excluding hydrogens is 245 g/mol. The van der Waals surface area contributed by atoms with Crippen molar-refractivity contribution in [2.75, 3.05) is 20.2 Å². The van der Waals surface area contributed by atoms with E-state index < -0.39 is 0 Å². The van der Waals surface area contributed by atoms with Crippen LogP contribution < -0.4 is 5.73 Å². The molecule has 106 valence electrons. The van der Waals surface area contributed by atoms with Crippen LogP contribution in [0.2, 0.25) is 0 Å². The fraction of sp³-hybridized carbons (Fsp3) is 0.500. The van der Waals surface area contributed by atoms with E-state index in [0.717, 1.165) is 12.1 Å². The topological polar surface area (TPSA) is 62.3 Å². The van der Waals surface area contributed by atoms with Crippen molar-refractivity contribution in [2.24, 2.45) is 5.73 Å². The zero-order valence-corrected chi connectivity index (χ0v) is 11.7. The summed E-state index contributed by atoms with van der Waals surface area (Å²) in [4.78, 5) is 2.04. The standard InChI is InChI=1S/C14H22FN3O/c1-10(2)19-5-4-18(3)9-11-6-12(14(16)17)8-13(15)7-11/h6-8,10H,4-5,9H2,1-3H3,(H3,16,17). The molecule has 0 saturated carbocycles. The van der Waals surface area contributed by atoms with Crippen molar-refractivity contribution in [1.29, 1.82) is 5.41 Å². The molecule has 0 fully saturated rings. The Hall–Kier alpha value is -1.46. The summed E-state index contributed by atoms with van der Waals surface area (Å²) in [5.74, 6) is -0.485. The van der Waals surface area contributed by atoms with E-state index >= 15 is 0 Å². The minimum atomic E-state index is -0.366. The maximum atomic E-state index is 13.4. The average Bonchev–Trinajstić information content (AvgIpc) is 2.27. The molecule has 19 heavy (non-hydrogen) atoms. The van der Waals surface area contributed by atoms with Gasteiger partial charge in [-0.1, -0.05) is 0 Å². The molecule has 0 saturated heterocycles. The number of nitrogens with two attached hydrogens (primary N) is 1. The molecule has 4 nitrogen and oxygen atoms in total. The largest absolute Gasteiger partial charge is 0.384 e. The molecule has 1 rings (SSSR count). The van der Waals surface area contributed by atoms with Crippen molar-refractivity contribution < 1.29 is 9.13 Å². The summed E-state index contributed by atoms with van der Waals surface area (Å²) in [5.41, 5.74) is 6.60. The van der Waals surface area contributed by atoms with E-state index in [2.05, 4.69) is 0 Å². The molecule has 0 aliphatic carbocycles. The lowest BCUT2D eigenvalue weighted by Gasteiger charge is -2.18. The highest BCUT2D eigenvalue weighted by atomic mass is 19.1. The van der Waals surface area contributed by atoms with Crippen molar-refractivity contribution in [3.8, 4) is 0 Å². The van der Waals surface area contributed by atoms with E-state index in [1.54, 1.807) is 6.07 Å². The Morgan fingerprint density at radius 1 is 1.42 bits per heavy atom. The van der Waals surface area contributed by atoms with Gasteiger partial charge in [0.1, 0.15) is 11.7 Å². The number of likely N-dealkylation sites (N-methyl/N-ethyl adjacent to an activating group) is 1. The number of benzene rings is 1. The molecule has 0 heterocycles. The Morgan fingerprint density at radius 3 is 2.68 bits per heavy atom. The van der Waals surface area contributed by atoms with Gasteiger partial charge in [0.05, 0.1) is 12.7 Å². The fourth-order valence-electron chi connectivity index (χ4n) is 1.73. The summed E-state index contributed by atoms with van der Waals surface area (Å²) in [6, 6.07) is 4.48. The molecule has 0 aliphatic heterocycles. The van der Waals surface area contributed by atoms with Crippen LogP contribution in [0.3, 0.4) is 0 Å². The summed E-state index contributed by atoms with van der Waals surface area (Å²) in [7, 11) is 1.95. The third-order valence-electron chi connectivity index (χ3n) is 2.65. The van der Waals surface area contributed by atoms with Gasteiger partial charge in [-0.3, -0.25) is 10.3 Å². The van der Waals surface area contributed by atoms with Crippen LogP contribution in [0.25, 0.3) is 0 Å². The molecule has 0 spiro atoms. The average molecular weight is 267 g/mol. The first kappa shape index (κ1) is 15.6. The lowest BCUT2D eigenvalue weighted by molar-refractivity contribution is 0.0627. The van der Waals surface area contributed by atoms with Gasteiger partial charge >= 0.3 is 0 Å². The molecule has 1 aromatic carbocycles. The Morgan fingerprint density at radius 2 is 2.11 bits per heavy atom. The van der Waals surface area contributed by atoms with Crippen molar-refractivity contribution in [3.63, 3.8) is 0 Å². The molecule has 0 atom stereocenters. The zero-order chi connectivity index (χ0) is 14.4. The smallest absolute Gasteiger partial charge is 0.124 e. The van der Waals surface area contributed by atoms with Gasteiger partial charge in [0, 0.05) is 18.7 Å². The summed E-state index contributed by atoms with van der Waals surface area (Å²) >= 11 is 0. The maximum Gasteiger partial charge on any atom is 0.124 e. The number of halogens is 1. The van der Waals surface area contributed by atoms with Gasteiger partial charge in [0.15, 0.2) is 0 Å². The van der Waals surface area contributed by atoms with E-state index in [0.29, 0.717) is 18.7 Å². The molecule has 1 aromatic rings. The summed E-state index contributed by atoms with van der Waals surface area (Å²) in [6.45, 7) is 5.99. The van der Waals surface area contributed by atoms with Crippen LogP contribution in [0.15, 0.2) is 18.2 Å². The fourth-order valence-corrected chi connectivity index (χ4v) is 1.73. The monoisotopic (exact) mass is 267 g/mol. The van der Waals surface area contributed by atoms with Crippen LogP contribution in [0.4, 0.5) is 4.39 Å². The van der Waals surface area contributed by atoms with Gasteiger partial charge in [-0.2, -0.15) is 0 Å². The van der Waals surface area contributed by atoms with Gasteiger partial charge < -0.3 is 10.5 Å². The van der Waals surface area contributed by atoms with Crippen LogP contribution in [-0.2, 0) is 11.3 Å². The quantitative estimate of drug-likeness (QED) is 0.586. The Labute approximate surface area is 113 Å². The lowest BCUT2D eigenvalue weighted by Crippen LogP contribution is -2.24. The first-order valence-electron chi connectivity index (χ1n) is 6.32. The minimum Gasteiger partial charge on any atom is -0.384 e. The van der Waals surface area contributed by atoms with Gasteiger partial charge in [0.25, 0.3) is 0 Å². The molecule has 0 aromatic heterocycles. The number of nitrogen functional groups attached to an aromatic ring is 1. The predicted octanol–water partition coefficient (Wildman–Crippen LogP) is 1.97. The van der Waals surface area contributed by atoms with E-state index in [9.17, 15) is 4.39 Å². The van der Waals surface area contributed by atoms with Crippen molar-refractivity contribution >= 4 is 5.84 Å². The summed E-state index contributed by atoms with van der Waals surface area (Å²) in [5, 5.41) is 7.35. The Kier molecular flexibility index (Phi) is 5.92. The number of amidine groups is 1. The third kappa shape index (κ3) is 5.81. The molecule has 0 radical (unpaired) electrons. The van der Waals surface area contributed by atoms with E-state index in [4.69, 9.17) is 15.9 Å². The molecule has 0 bridgehead atoms. The molecular formula is C14H22FN3O. The molecule has 3 N–H and O–H groups in total. The molecule has 0 unspecified atom stereocenters. The van der Waals surface area contributed by atoms with E-state index in [1.165, 1.54) is 12.1 Å². The first-order valence-corrected chi connectivity index (χ1v) is 6.32. The van der Waals surface area contributed by atoms with Gasteiger partial charge in [-0.05, 0) is 44.7 Å². The predicted molar refractivity (Wildman–Crippen MR) is 74.8 cm³/mol. The van der Waals surface area contributed by atoms with Crippen LogP contribution in [0.5, 0.6) is 0 Å². The molecule has 0 amide bonds. The number of ether oxygens (including phenoxy) is 1. The number of nitrogens with zero attached hydrogens (tertiary/aromatic N) is 1. The van der Waals surface area contributed by atoms with Crippen LogP contribution >= 0.6 is 0 Å². The first-order chi connectivity index (χ1) is 8.88. The van der Waals surface area contributed by atoms with Gasteiger partial charge in [0.2, 0.25) is 0 Å². The summed E-state index contributed by atoms with van der Waals surface area (Å²) < 4.78 is 18.9. The number of nitrogens with one attached hydrogen (secondary N) is 1. The second-order valence-electron chi connectivity index (χ2n) is 4.92. The Bertz CT molecular complexity index is 435. The number of hydrogen-bond donors (Lipinski definition) is 2. The SMILES string of the molecule is CC(C)OCCN(C)Cc1cc(F)cc(C(=N)N)c1. The zero-order valence-electron chi connectivity index (χ0n) is 11.7. The highest BCUT2D eigenvalue weighted by Gasteiger charge is 2.06. The van der Waals surface area contributed by atoms with Gasteiger partial charge in [-0.15, -0.1) is 0 Å². The lowest BCUT2D eigenvalue weighted by atomic mass is 10.1. The van der Waals surface area contributed by atoms with E-state index in [-0.39, 0.29) is 17.8 Å². The molecule has 5 heteroatoms. The van der Waals surface area contributed by atoms with Crippen LogP contribution in [0.1, 0.15) is 25.0 Å². The normalized spacial score (nSPS) is 11.3. The highest BCUT2D eigenvalue weighted by Crippen LogP contribution is 2.11. The third-order valence-corrected chi connectivity index (χ3v) is 2.65. The van der Waals surface area contributed by atoms with Crippen LogP contribution in [0, 0.1) is 11.2 Å². The Balaban J connectivity index is 2.58. The van der Waals surface area contributed by atoms with Crippen molar-refractivity contribution in [3.05, 3.63) is 35.1 Å². The number of hydrogen-bond acceptors (Lipinski definition) is 3. The minimum absolute atomic E-state index is 0.119. The van der Waals surface area contributed by atoms with Crippen molar-refractivity contribution in [1.82, 2.24) is 4.90 Å². The second kappa shape index (κ2) is 7.21. The highest BCUT2D eigenvalue weighted by molar-refractivity contribution is 5.95. The summed E-state index contributed by atoms with van der Waals surface area (Å²) in [6.07, 6.45) is 0.215. The van der Waals surface area contributed by atoms with Gasteiger partial charge in [-0.25, -0.2) is 4.39 Å². The molecule has 0 aliphatic rings. The second-order valence-corrected chi connectivity index (χ2v) is 4.92. The maximum absolute atomic E-state index is 13.4. The van der Waals surface area contributed by atoms with Crippen molar-refractivity contribution in [2.45, 2.75) is 26.5 Å². The number of rotatable bonds is 7. The van der Waals surface area contributed by atoms with E-state index in [1.807, 2.05) is 25.8 Å². The van der Waals surface area contributed by atoms with Crippen LogP contribution in [-0.4, -0.2) is 37.0 Å².